The van der Waals surface area contributed by atoms with Gasteiger partial charge in [0.25, 0.3) is 5.91 Å². The number of hydrogen-bond acceptors (Lipinski definition) is 5. The Morgan fingerprint density at radius 3 is 2.26 bits per heavy atom. The molecule has 0 radical (unpaired) electrons. The number of nitrogens with one attached hydrogen (secondary N) is 3. The summed E-state index contributed by atoms with van der Waals surface area (Å²) in [6, 6.07) is 22.8. The van der Waals surface area contributed by atoms with Crippen molar-refractivity contribution in [1.29, 1.82) is 0 Å². The molecule has 198 valence electrons. The maximum atomic E-state index is 13.4. The molecule has 0 spiro atoms. The van der Waals surface area contributed by atoms with Crippen LogP contribution in [-0.2, 0) is 11.3 Å². The minimum Gasteiger partial charge on any atom is -0.490 e. The van der Waals surface area contributed by atoms with Crippen molar-refractivity contribution in [3.05, 3.63) is 83.4 Å². The first-order chi connectivity index (χ1) is 18.7. The highest BCUT2D eigenvalue weighted by molar-refractivity contribution is 6.37. The molecule has 5 rings (SSSR count). The minimum absolute atomic E-state index is 0.157. The molecule has 0 bridgehead atoms. The fraction of sp³-hybridized carbons (Fsp3) is 0.344. The summed E-state index contributed by atoms with van der Waals surface area (Å²) in [6.07, 6.45) is 6.56. The molecule has 1 fully saturated rings. The van der Waals surface area contributed by atoms with Gasteiger partial charge in [0.1, 0.15) is 0 Å². The highest BCUT2D eigenvalue weighted by atomic mass is 16.5. The molecule has 3 aromatic rings. The number of ether oxygens (including phenoxy) is 2. The second kappa shape index (κ2) is 12.2. The van der Waals surface area contributed by atoms with E-state index in [1.54, 1.807) is 0 Å². The van der Waals surface area contributed by atoms with E-state index in [9.17, 15) is 4.79 Å². The van der Waals surface area contributed by atoms with Gasteiger partial charge in [0.2, 0.25) is 0 Å². The van der Waals surface area contributed by atoms with Crippen molar-refractivity contribution in [1.82, 2.24) is 5.32 Å². The smallest absolute Gasteiger partial charge is 0.258 e. The van der Waals surface area contributed by atoms with Crippen LogP contribution < -0.4 is 25.4 Å². The molecular weight excluding hydrogens is 474 g/mol. The van der Waals surface area contributed by atoms with Crippen LogP contribution in [0.15, 0.2) is 66.7 Å². The lowest BCUT2D eigenvalue weighted by Gasteiger charge is -2.23. The molecule has 0 unspecified atom stereocenters. The first-order valence-electron chi connectivity index (χ1n) is 13.8. The quantitative estimate of drug-likeness (QED) is 0.260. The number of carbonyl (C=O) groups is 1. The van der Waals surface area contributed by atoms with Gasteiger partial charge < -0.3 is 25.4 Å². The highest BCUT2D eigenvalue weighted by Crippen LogP contribution is 2.43. The van der Waals surface area contributed by atoms with E-state index in [1.807, 2.05) is 56.3 Å². The standard InChI is InChI=1S/C32H37N3O3/c1-3-37-28-19-26-27(20-29(28)38-4-2)35-32(36)30(26)31(23-11-7-5-8-12-23)34-25-17-15-22(16-18-25)21-33-24-13-9-6-10-14-24/h5,7-8,11-12,15-20,24,33-34H,3-4,6,9-10,13-14,21H2,1-2H3,(H,35,36)/b31-30-. The number of anilines is 2. The molecule has 1 heterocycles. The van der Waals surface area contributed by atoms with Crippen molar-refractivity contribution < 1.29 is 14.3 Å². The number of fused-ring (bicyclic) bond motifs is 1. The van der Waals surface area contributed by atoms with E-state index in [1.165, 1.54) is 37.7 Å². The number of hydrogen-bond donors (Lipinski definition) is 3. The molecule has 2 aliphatic rings. The molecular formula is C32H37N3O3. The van der Waals surface area contributed by atoms with Crippen LogP contribution in [0.4, 0.5) is 11.4 Å². The van der Waals surface area contributed by atoms with Gasteiger partial charge in [-0.15, -0.1) is 0 Å². The third-order valence-electron chi connectivity index (χ3n) is 7.16. The summed E-state index contributed by atoms with van der Waals surface area (Å²) in [4.78, 5) is 13.4. The number of rotatable bonds is 10. The van der Waals surface area contributed by atoms with Crippen molar-refractivity contribution in [2.45, 2.75) is 58.5 Å². The lowest BCUT2D eigenvalue weighted by molar-refractivity contribution is -0.110. The Morgan fingerprint density at radius 2 is 1.58 bits per heavy atom. The number of benzene rings is 3. The van der Waals surface area contributed by atoms with Gasteiger partial charge in [-0.05, 0) is 56.0 Å². The molecule has 0 aromatic heterocycles. The van der Waals surface area contributed by atoms with Crippen LogP contribution in [0.2, 0.25) is 0 Å². The Morgan fingerprint density at radius 1 is 0.895 bits per heavy atom. The van der Waals surface area contributed by atoms with Crippen molar-refractivity contribution >= 4 is 28.6 Å². The summed E-state index contributed by atoms with van der Waals surface area (Å²) in [7, 11) is 0. The van der Waals surface area contributed by atoms with Crippen molar-refractivity contribution in [2.75, 3.05) is 23.8 Å². The average molecular weight is 512 g/mol. The molecule has 1 amide bonds. The zero-order valence-electron chi connectivity index (χ0n) is 22.3. The first kappa shape index (κ1) is 25.9. The van der Waals surface area contributed by atoms with Crippen molar-refractivity contribution in [3.8, 4) is 11.5 Å². The Balaban J connectivity index is 1.46. The molecule has 1 aliphatic carbocycles. The van der Waals surface area contributed by atoms with Crippen LogP contribution in [0.25, 0.3) is 11.3 Å². The number of carbonyl (C=O) groups excluding carboxylic acids is 1. The molecule has 6 nitrogen and oxygen atoms in total. The van der Waals surface area contributed by atoms with Crippen LogP contribution in [0.5, 0.6) is 11.5 Å². The zero-order valence-corrected chi connectivity index (χ0v) is 22.3. The second-order valence-electron chi connectivity index (χ2n) is 9.82. The van der Waals surface area contributed by atoms with Gasteiger partial charge in [-0.25, -0.2) is 0 Å². The molecule has 3 N–H and O–H groups in total. The summed E-state index contributed by atoms with van der Waals surface area (Å²) >= 11 is 0. The van der Waals surface area contributed by atoms with Gasteiger partial charge in [-0.1, -0.05) is 61.7 Å². The fourth-order valence-electron chi connectivity index (χ4n) is 5.27. The Kier molecular flexibility index (Phi) is 8.29. The van der Waals surface area contributed by atoms with Crippen LogP contribution in [0, 0.1) is 0 Å². The lowest BCUT2D eigenvalue weighted by atomic mass is 9.95. The summed E-state index contributed by atoms with van der Waals surface area (Å²) < 4.78 is 11.7. The largest absolute Gasteiger partial charge is 0.490 e. The molecule has 38 heavy (non-hydrogen) atoms. The normalized spacial score (nSPS) is 16.5. The van der Waals surface area contributed by atoms with Crippen LogP contribution in [0.1, 0.15) is 62.6 Å². The Bertz CT molecular complexity index is 1280. The highest BCUT2D eigenvalue weighted by Gasteiger charge is 2.30. The monoisotopic (exact) mass is 511 g/mol. The zero-order chi connectivity index (χ0) is 26.3. The maximum Gasteiger partial charge on any atom is 0.258 e. The van der Waals surface area contributed by atoms with Gasteiger partial charge in [0.15, 0.2) is 11.5 Å². The van der Waals surface area contributed by atoms with Crippen LogP contribution in [0.3, 0.4) is 0 Å². The van der Waals surface area contributed by atoms with Crippen LogP contribution in [-0.4, -0.2) is 25.2 Å². The van der Waals surface area contributed by atoms with Crippen LogP contribution >= 0.6 is 0 Å². The summed E-state index contributed by atoms with van der Waals surface area (Å²) in [5.74, 6) is 1.10. The fourth-order valence-corrected chi connectivity index (χ4v) is 5.27. The first-order valence-corrected chi connectivity index (χ1v) is 13.8. The van der Waals surface area contributed by atoms with E-state index in [0.717, 1.165) is 34.7 Å². The summed E-state index contributed by atoms with van der Waals surface area (Å²) in [5, 5.41) is 10.3. The molecule has 3 aromatic carbocycles. The molecule has 6 heteroatoms. The maximum absolute atomic E-state index is 13.4. The predicted molar refractivity (Wildman–Crippen MR) is 154 cm³/mol. The summed E-state index contributed by atoms with van der Waals surface area (Å²) in [6.45, 7) is 5.76. The third kappa shape index (κ3) is 5.86. The average Bonchev–Trinajstić information content (AvgIpc) is 3.27. The van der Waals surface area contributed by atoms with Gasteiger partial charge in [-0.3, -0.25) is 4.79 Å². The molecule has 0 atom stereocenters. The van der Waals surface area contributed by atoms with Crippen molar-refractivity contribution in [3.63, 3.8) is 0 Å². The van der Waals surface area contributed by atoms with E-state index >= 15 is 0 Å². The summed E-state index contributed by atoms with van der Waals surface area (Å²) in [5.41, 5.74) is 5.96. The predicted octanol–water partition coefficient (Wildman–Crippen LogP) is 6.84. The van der Waals surface area contributed by atoms with Gasteiger partial charge in [0.05, 0.1) is 30.2 Å². The lowest BCUT2D eigenvalue weighted by Crippen LogP contribution is -2.30. The van der Waals surface area contributed by atoms with E-state index < -0.39 is 0 Å². The van der Waals surface area contributed by atoms with Gasteiger partial charge >= 0.3 is 0 Å². The number of amides is 1. The SMILES string of the molecule is CCOc1cc2c(cc1OCC)/C(=C(/Nc1ccc(CNC3CCCCC3)cc1)c1ccccc1)C(=O)N2. The Labute approximate surface area is 225 Å². The van der Waals surface area contributed by atoms with E-state index in [-0.39, 0.29) is 5.91 Å². The minimum atomic E-state index is -0.157. The molecule has 0 saturated heterocycles. The van der Waals surface area contributed by atoms with Crippen molar-refractivity contribution in [2.24, 2.45) is 0 Å². The van der Waals surface area contributed by atoms with Gasteiger partial charge in [0, 0.05) is 29.9 Å². The van der Waals surface area contributed by atoms with Gasteiger partial charge in [-0.2, -0.15) is 0 Å². The van der Waals surface area contributed by atoms with E-state index in [2.05, 4.69) is 40.2 Å². The topological polar surface area (TPSA) is 71.6 Å². The van der Waals surface area contributed by atoms with E-state index in [4.69, 9.17) is 9.47 Å². The Hall–Kier alpha value is -3.77. The molecule has 1 saturated carbocycles. The van der Waals surface area contributed by atoms with E-state index in [0.29, 0.717) is 36.3 Å². The molecule has 1 aliphatic heterocycles. The third-order valence-corrected chi connectivity index (χ3v) is 7.16. The second-order valence-corrected chi connectivity index (χ2v) is 9.82.